The highest BCUT2D eigenvalue weighted by Crippen LogP contribution is 2.66. The smallest absolute Gasteiger partial charge is 0.248 e. The van der Waals surface area contributed by atoms with E-state index < -0.39 is 28.7 Å². The average molecular weight is 536 g/mol. The number of fused-ring (bicyclic) bond motifs is 1. The van der Waals surface area contributed by atoms with Crippen LogP contribution in [0.4, 0.5) is 5.69 Å². The summed E-state index contributed by atoms with van der Waals surface area (Å²) in [5.41, 5.74) is 3.68. The van der Waals surface area contributed by atoms with Crippen molar-refractivity contribution in [1.29, 1.82) is 0 Å². The SMILES string of the molecule is CCCNC(=O)[C@@H]1[C@@H]2CCC3(S2)C(C(=O)Nc2cc(C)ccc2C)N([C@@H](CO)Cc2ccccc2)C(=O)[C@H]13. The molecule has 2 aromatic carbocycles. The lowest BCUT2D eigenvalue weighted by molar-refractivity contribution is -0.142. The highest BCUT2D eigenvalue weighted by atomic mass is 32.2. The zero-order chi connectivity index (χ0) is 27.0. The number of aryl methyl sites for hydroxylation is 2. The molecule has 3 amide bonds. The maximum absolute atomic E-state index is 14.3. The molecule has 7 nitrogen and oxygen atoms in total. The fraction of sp³-hybridized carbons (Fsp3) is 0.500. The fourth-order valence-electron chi connectivity index (χ4n) is 6.66. The molecule has 0 aliphatic carbocycles. The van der Waals surface area contributed by atoms with E-state index in [0.29, 0.717) is 19.4 Å². The van der Waals surface area contributed by atoms with Gasteiger partial charge in [0.15, 0.2) is 0 Å². The molecule has 2 unspecified atom stereocenters. The molecule has 3 saturated heterocycles. The quantitative estimate of drug-likeness (QED) is 0.457. The number of anilines is 1. The second-order valence-electron chi connectivity index (χ2n) is 10.9. The molecule has 8 heteroatoms. The molecule has 1 spiro atoms. The lowest BCUT2D eigenvalue weighted by Gasteiger charge is -2.37. The number of nitrogens with zero attached hydrogens (tertiary/aromatic N) is 1. The first-order valence-corrected chi connectivity index (χ1v) is 14.5. The van der Waals surface area contributed by atoms with Gasteiger partial charge in [0.2, 0.25) is 17.7 Å². The van der Waals surface area contributed by atoms with Crippen molar-refractivity contribution in [1.82, 2.24) is 10.2 Å². The lowest BCUT2D eigenvalue weighted by atomic mass is 9.70. The van der Waals surface area contributed by atoms with Crippen LogP contribution in [0, 0.1) is 25.7 Å². The molecule has 2 aromatic rings. The van der Waals surface area contributed by atoms with Crippen molar-refractivity contribution in [2.24, 2.45) is 11.8 Å². The number of hydrogen-bond acceptors (Lipinski definition) is 5. The van der Waals surface area contributed by atoms with Crippen LogP contribution in [-0.2, 0) is 20.8 Å². The predicted molar refractivity (Wildman–Crippen MR) is 150 cm³/mol. The molecule has 0 radical (unpaired) electrons. The minimum atomic E-state index is -0.778. The monoisotopic (exact) mass is 535 g/mol. The van der Waals surface area contributed by atoms with Crippen molar-refractivity contribution in [3.8, 4) is 0 Å². The zero-order valence-electron chi connectivity index (χ0n) is 22.3. The van der Waals surface area contributed by atoms with Crippen LogP contribution in [0.1, 0.15) is 42.9 Å². The molecule has 3 aliphatic rings. The van der Waals surface area contributed by atoms with Crippen molar-refractivity contribution in [2.75, 3.05) is 18.5 Å². The van der Waals surface area contributed by atoms with Crippen LogP contribution >= 0.6 is 11.8 Å². The van der Waals surface area contributed by atoms with Crippen molar-refractivity contribution in [3.63, 3.8) is 0 Å². The number of aliphatic hydroxyl groups is 1. The molecule has 5 rings (SSSR count). The fourth-order valence-corrected chi connectivity index (χ4v) is 8.86. The second-order valence-corrected chi connectivity index (χ2v) is 12.5. The normalized spacial score (nSPS) is 28.3. The summed E-state index contributed by atoms with van der Waals surface area (Å²) in [4.78, 5) is 43.4. The summed E-state index contributed by atoms with van der Waals surface area (Å²) < 4.78 is -0.693. The van der Waals surface area contributed by atoms with Crippen molar-refractivity contribution in [2.45, 2.75) is 68.5 Å². The Morgan fingerprint density at radius 1 is 1.16 bits per heavy atom. The van der Waals surface area contributed by atoms with Gasteiger partial charge in [0.05, 0.1) is 29.2 Å². The molecule has 202 valence electrons. The first-order chi connectivity index (χ1) is 18.3. The molecule has 3 aliphatic heterocycles. The van der Waals surface area contributed by atoms with Gasteiger partial charge in [0.25, 0.3) is 0 Å². The van der Waals surface area contributed by atoms with Crippen LogP contribution in [0.5, 0.6) is 0 Å². The van der Waals surface area contributed by atoms with Gasteiger partial charge in [0.1, 0.15) is 6.04 Å². The van der Waals surface area contributed by atoms with E-state index in [-0.39, 0.29) is 29.6 Å². The first-order valence-electron chi connectivity index (χ1n) is 13.6. The van der Waals surface area contributed by atoms with E-state index in [1.165, 1.54) is 0 Å². The van der Waals surface area contributed by atoms with Crippen molar-refractivity contribution >= 4 is 35.2 Å². The van der Waals surface area contributed by atoms with E-state index in [1.807, 2.05) is 69.3 Å². The van der Waals surface area contributed by atoms with Gasteiger partial charge in [-0.15, -0.1) is 11.8 Å². The van der Waals surface area contributed by atoms with Crippen LogP contribution in [0.3, 0.4) is 0 Å². The number of amides is 3. The number of rotatable bonds is 9. The molecule has 0 aromatic heterocycles. The van der Waals surface area contributed by atoms with Crippen LogP contribution in [0.25, 0.3) is 0 Å². The largest absolute Gasteiger partial charge is 0.394 e. The third-order valence-corrected chi connectivity index (χ3v) is 10.4. The van der Waals surface area contributed by atoms with Gasteiger partial charge in [-0.25, -0.2) is 0 Å². The van der Waals surface area contributed by atoms with Crippen LogP contribution in [0.15, 0.2) is 48.5 Å². The topological polar surface area (TPSA) is 98.7 Å². The molecule has 3 heterocycles. The first kappa shape index (κ1) is 26.8. The van der Waals surface area contributed by atoms with E-state index in [0.717, 1.165) is 35.2 Å². The highest BCUT2D eigenvalue weighted by Gasteiger charge is 2.74. The van der Waals surface area contributed by atoms with Crippen molar-refractivity contribution < 1.29 is 19.5 Å². The molecule has 0 saturated carbocycles. The highest BCUT2D eigenvalue weighted by molar-refractivity contribution is 8.02. The number of benzene rings is 2. The summed E-state index contributed by atoms with van der Waals surface area (Å²) in [7, 11) is 0. The number of carbonyl (C=O) groups excluding carboxylic acids is 3. The Morgan fingerprint density at radius 2 is 1.92 bits per heavy atom. The average Bonchev–Trinajstić information content (AvgIpc) is 3.56. The Morgan fingerprint density at radius 3 is 2.63 bits per heavy atom. The molecule has 2 bridgehead atoms. The number of likely N-dealkylation sites (tertiary alicyclic amines) is 1. The summed E-state index contributed by atoms with van der Waals surface area (Å²) >= 11 is 1.65. The zero-order valence-corrected chi connectivity index (χ0v) is 23.1. The number of carbonyl (C=O) groups is 3. The minimum absolute atomic E-state index is 0.0145. The summed E-state index contributed by atoms with van der Waals surface area (Å²) in [6.07, 6.45) is 2.74. The number of nitrogens with one attached hydrogen (secondary N) is 2. The number of thioether (sulfide) groups is 1. The van der Waals surface area contributed by atoms with E-state index in [2.05, 4.69) is 10.6 Å². The Kier molecular flexibility index (Phi) is 7.56. The lowest BCUT2D eigenvalue weighted by Crippen LogP contribution is -2.55. The van der Waals surface area contributed by atoms with Gasteiger partial charge in [0, 0.05) is 17.5 Å². The van der Waals surface area contributed by atoms with Crippen molar-refractivity contribution in [3.05, 3.63) is 65.2 Å². The third kappa shape index (κ3) is 4.51. The Balaban J connectivity index is 1.54. The van der Waals surface area contributed by atoms with E-state index in [1.54, 1.807) is 16.7 Å². The Labute approximate surface area is 228 Å². The summed E-state index contributed by atoms with van der Waals surface area (Å²) in [6.45, 7) is 6.23. The second kappa shape index (κ2) is 10.7. The van der Waals surface area contributed by atoms with E-state index >= 15 is 0 Å². The van der Waals surface area contributed by atoms with Gasteiger partial charge in [-0.05, 0) is 62.3 Å². The van der Waals surface area contributed by atoms with Gasteiger partial charge < -0.3 is 20.6 Å². The maximum Gasteiger partial charge on any atom is 0.248 e. The maximum atomic E-state index is 14.3. The van der Waals surface area contributed by atoms with Crippen LogP contribution < -0.4 is 10.6 Å². The molecule has 3 N–H and O–H groups in total. The summed E-state index contributed by atoms with van der Waals surface area (Å²) in [5, 5.41) is 16.7. The van der Waals surface area contributed by atoms with Crippen LogP contribution in [0.2, 0.25) is 0 Å². The minimum Gasteiger partial charge on any atom is -0.394 e. The predicted octanol–water partition coefficient (Wildman–Crippen LogP) is 3.46. The van der Waals surface area contributed by atoms with Gasteiger partial charge in [-0.2, -0.15) is 0 Å². The summed E-state index contributed by atoms with van der Waals surface area (Å²) in [6, 6.07) is 14.3. The van der Waals surface area contributed by atoms with E-state index in [9.17, 15) is 19.5 Å². The Hall–Kier alpha value is -2.84. The van der Waals surface area contributed by atoms with Gasteiger partial charge in [-0.3, -0.25) is 14.4 Å². The molecule has 3 fully saturated rings. The standard InChI is InChI=1S/C30H37N3O4S/c1-4-14-31-27(35)24-23-12-13-30(38-23)25(24)29(37)33(21(17-34)16-20-8-6-5-7-9-20)26(30)28(36)32-22-15-18(2)10-11-19(22)3/h5-11,15,21,23-26,34H,4,12-14,16-17H2,1-3H3,(H,31,35)(H,32,36)/t21-,23+,24-,25+,26?,30?/m1/s1. The van der Waals surface area contributed by atoms with Gasteiger partial charge in [-0.1, -0.05) is 49.4 Å². The van der Waals surface area contributed by atoms with E-state index in [4.69, 9.17) is 0 Å². The molecule has 6 atom stereocenters. The molecular formula is C30H37N3O4S. The molecule has 38 heavy (non-hydrogen) atoms. The number of aliphatic hydroxyl groups excluding tert-OH is 1. The molecular weight excluding hydrogens is 498 g/mol. The van der Waals surface area contributed by atoms with Crippen LogP contribution in [-0.4, -0.2) is 63.0 Å². The third-order valence-electron chi connectivity index (χ3n) is 8.41. The Bertz CT molecular complexity index is 1220. The summed E-state index contributed by atoms with van der Waals surface area (Å²) in [5.74, 6) is -1.58. The van der Waals surface area contributed by atoms with Gasteiger partial charge >= 0.3 is 0 Å². The number of hydrogen-bond donors (Lipinski definition) is 3.